The van der Waals surface area contributed by atoms with Crippen LogP contribution >= 0.6 is 0 Å². The van der Waals surface area contributed by atoms with Crippen LogP contribution in [-0.2, 0) is 0 Å². The molecule has 0 bridgehead atoms. The number of nitrogens with zero attached hydrogens (tertiary/aromatic N) is 2. The first-order chi connectivity index (χ1) is 8.81. The average Bonchev–Trinajstić information content (AvgIpc) is 2.91. The minimum absolute atomic E-state index is 0.461. The van der Waals surface area contributed by atoms with Crippen molar-refractivity contribution in [3.63, 3.8) is 0 Å². The van der Waals surface area contributed by atoms with Gasteiger partial charge in [-0.1, -0.05) is 12.5 Å². The van der Waals surface area contributed by atoms with Crippen molar-refractivity contribution in [1.29, 1.82) is 0 Å². The predicted molar refractivity (Wildman–Crippen MR) is 71.2 cm³/mol. The third-order valence-corrected chi connectivity index (χ3v) is 5.54. The molecule has 1 aliphatic carbocycles. The van der Waals surface area contributed by atoms with Crippen LogP contribution in [-0.4, -0.2) is 35.1 Å². The Hall–Kier alpha value is -0.930. The lowest BCUT2D eigenvalue weighted by Crippen LogP contribution is -2.65. The molecule has 3 fully saturated rings. The molecule has 0 aromatic carbocycles. The zero-order valence-electron chi connectivity index (χ0n) is 11.0. The largest absolute Gasteiger partial charge is 0.312 e. The maximum Gasteiger partial charge on any atom is 0.0572 e. The highest BCUT2D eigenvalue weighted by Crippen LogP contribution is 2.55. The van der Waals surface area contributed by atoms with E-state index in [0.29, 0.717) is 11.5 Å². The molecule has 1 spiro atoms. The number of aromatic nitrogens is 1. The zero-order valence-corrected chi connectivity index (χ0v) is 11.0. The minimum Gasteiger partial charge on any atom is -0.312 e. The fraction of sp³-hybridized carbons (Fsp3) is 0.667. The molecule has 0 radical (unpaired) electrons. The predicted octanol–water partition coefficient (Wildman–Crippen LogP) is 1.97. The molecule has 18 heavy (non-hydrogen) atoms. The summed E-state index contributed by atoms with van der Waals surface area (Å²) in [5, 5.41) is 3.75. The first kappa shape index (κ1) is 10.9. The Balaban J connectivity index is 1.56. The van der Waals surface area contributed by atoms with Crippen molar-refractivity contribution in [2.24, 2.45) is 5.41 Å². The van der Waals surface area contributed by atoms with Gasteiger partial charge in [-0.15, -0.1) is 0 Å². The van der Waals surface area contributed by atoms with Crippen LogP contribution in [0.2, 0.25) is 0 Å². The topological polar surface area (TPSA) is 28.2 Å². The summed E-state index contributed by atoms with van der Waals surface area (Å²) in [4.78, 5) is 7.17. The molecule has 2 saturated heterocycles. The quantitative estimate of drug-likeness (QED) is 0.861. The molecule has 3 nitrogen and oxygen atoms in total. The molecule has 3 heteroatoms. The van der Waals surface area contributed by atoms with Crippen LogP contribution < -0.4 is 5.32 Å². The second kappa shape index (κ2) is 3.78. The lowest BCUT2D eigenvalue weighted by atomic mass is 9.69. The molecule has 3 unspecified atom stereocenters. The van der Waals surface area contributed by atoms with Crippen LogP contribution in [0.4, 0.5) is 0 Å². The van der Waals surface area contributed by atoms with E-state index < -0.39 is 0 Å². The van der Waals surface area contributed by atoms with Crippen LogP contribution in [0.3, 0.4) is 0 Å². The normalized spacial score (nSPS) is 40.1. The summed E-state index contributed by atoms with van der Waals surface area (Å²) in [5.74, 6) is 0. The van der Waals surface area contributed by atoms with Gasteiger partial charge in [-0.25, -0.2) is 0 Å². The van der Waals surface area contributed by atoms with Crippen LogP contribution in [0.1, 0.15) is 37.9 Å². The van der Waals surface area contributed by atoms with Crippen molar-refractivity contribution >= 4 is 0 Å². The molecular formula is C15H21N3. The number of nitrogens with one attached hydrogen (secondary N) is 1. The smallest absolute Gasteiger partial charge is 0.0572 e. The van der Waals surface area contributed by atoms with E-state index in [-0.39, 0.29) is 0 Å². The van der Waals surface area contributed by atoms with E-state index in [1.807, 2.05) is 12.3 Å². The van der Waals surface area contributed by atoms with Crippen LogP contribution in [0.5, 0.6) is 0 Å². The number of hydrogen-bond acceptors (Lipinski definition) is 3. The summed E-state index contributed by atoms with van der Waals surface area (Å²) in [6.45, 7) is 4.76. The number of likely N-dealkylation sites (tertiary alicyclic amines) is 1. The monoisotopic (exact) mass is 243 g/mol. The van der Waals surface area contributed by atoms with Gasteiger partial charge in [0.2, 0.25) is 0 Å². The number of rotatable bonds is 2. The van der Waals surface area contributed by atoms with Crippen molar-refractivity contribution in [2.75, 3.05) is 13.1 Å². The SMILES string of the molecule is C[C@@H](c1ccccn1)N1CC23CCCC2NCC13. The van der Waals surface area contributed by atoms with Crippen molar-refractivity contribution in [3.05, 3.63) is 30.1 Å². The molecule has 1 saturated carbocycles. The molecule has 1 aromatic rings. The van der Waals surface area contributed by atoms with Gasteiger partial charge in [0.1, 0.15) is 0 Å². The van der Waals surface area contributed by atoms with Crippen molar-refractivity contribution in [1.82, 2.24) is 15.2 Å². The third kappa shape index (κ3) is 1.29. The lowest BCUT2D eigenvalue weighted by Gasteiger charge is -2.56. The standard InChI is InChI=1S/C15H21N3/c1-11(12-5-2-3-8-16-12)18-10-15-7-4-6-13(15)17-9-14(15)18/h2-3,5,8,11,13-14,17H,4,6-7,9-10H2,1H3/t11-,13?,14?,15?/m0/s1. The van der Waals surface area contributed by atoms with Gasteiger partial charge in [0.05, 0.1) is 5.69 Å². The molecule has 4 atom stereocenters. The summed E-state index contributed by atoms with van der Waals surface area (Å²) in [6.07, 6.45) is 6.15. The second-order valence-electron chi connectivity index (χ2n) is 6.20. The molecule has 4 rings (SSSR count). The lowest BCUT2D eigenvalue weighted by molar-refractivity contribution is -0.0731. The van der Waals surface area contributed by atoms with Gasteiger partial charge in [-0.3, -0.25) is 9.88 Å². The summed E-state index contributed by atoms with van der Waals surface area (Å²) in [6, 6.07) is 8.27. The Bertz CT molecular complexity index is 446. The summed E-state index contributed by atoms with van der Waals surface area (Å²) in [5.41, 5.74) is 1.83. The number of pyridine rings is 1. The first-order valence-electron chi connectivity index (χ1n) is 7.21. The fourth-order valence-electron chi connectivity index (χ4n) is 4.54. The fourth-order valence-corrected chi connectivity index (χ4v) is 4.54. The molecule has 2 aliphatic heterocycles. The zero-order chi connectivity index (χ0) is 12.2. The van der Waals surface area contributed by atoms with Gasteiger partial charge in [0.25, 0.3) is 0 Å². The highest BCUT2D eigenvalue weighted by molar-refractivity contribution is 5.21. The molecular weight excluding hydrogens is 222 g/mol. The number of hydrogen-bond donors (Lipinski definition) is 1. The molecule has 1 aromatic heterocycles. The molecule has 96 valence electrons. The Morgan fingerprint density at radius 1 is 1.50 bits per heavy atom. The van der Waals surface area contributed by atoms with Crippen molar-refractivity contribution < 1.29 is 0 Å². The minimum atomic E-state index is 0.461. The molecule has 0 amide bonds. The van der Waals surface area contributed by atoms with Crippen LogP contribution in [0, 0.1) is 5.41 Å². The maximum absolute atomic E-state index is 4.52. The summed E-state index contributed by atoms with van der Waals surface area (Å²) in [7, 11) is 0. The van der Waals surface area contributed by atoms with E-state index in [1.54, 1.807) is 0 Å². The molecule has 1 N–H and O–H groups in total. The van der Waals surface area contributed by atoms with Gasteiger partial charge in [-0.2, -0.15) is 0 Å². The first-order valence-corrected chi connectivity index (χ1v) is 7.21. The third-order valence-electron chi connectivity index (χ3n) is 5.54. The van der Waals surface area contributed by atoms with Gasteiger partial charge in [0.15, 0.2) is 0 Å². The van der Waals surface area contributed by atoms with Gasteiger partial charge in [0, 0.05) is 42.8 Å². The summed E-state index contributed by atoms with van der Waals surface area (Å²) < 4.78 is 0. The van der Waals surface area contributed by atoms with Crippen LogP contribution in [0.25, 0.3) is 0 Å². The summed E-state index contributed by atoms with van der Waals surface area (Å²) >= 11 is 0. The highest BCUT2D eigenvalue weighted by Gasteiger charge is 2.62. The van der Waals surface area contributed by atoms with E-state index in [4.69, 9.17) is 0 Å². The van der Waals surface area contributed by atoms with E-state index in [9.17, 15) is 0 Å². The molecule has 3 heterocycles. The van der Waals surface area contributed by atoms with Gasteiger partial charge < -0.3 is 5.32 Å². The Labute approximate surface area is 109 Å². The van der Waals surface area contributed by atoms with E-state index in [2.05, 4.69) is 34.3 Å². The average molecular weight is 243 g/mol. The Kier molecular flexibility index (Phi) is 2.30. The van der Waals surface area contributed by atoms with Gasteiger partial charge >= 0.3 is 0 Å². The van der Waals surface area contributed by atoms with Crippen molar-refractivity contribution in [3.8, 4) is 0 Å². The van der Waals surface area contributed by atoms with Gasteiger partial charge in [-0.05, 0) is 31.9 Å². The van der Waals surface area contributed by atoms with Crippen molar-refractivity contribution in [2.45, 2.75) is 44.3 Å². The Morgan fingerprint density at radius 3 is 3.28 bits per heavy atom. The Morgan fingerprint density at radius 2 is 2.44 bits per heavy atom. The highest BCUT2D eigenvalue weighted by atomic mass is 15.3. The van der Waals surface area contributed by atoms with Crippen LogP contribution in [0.15, 0.2) is 24.4 Å². The van der Waals surface area contributed by atoms with E-state index >= 15 is 0 Å². The second-order valence-corrected chi connectivity index (χ2v) is 6.20. The van der Waals surface area contributed by atoms with E-state index in [0.717, 1.165) is 12.1 Å². The van der Waals surface area contributed by atoms with E-state index in [1.165, 1.54) is 38.0 Å². The maximum atomic E-state index is 4.52. The molecule has 3 aliphatic rings.